The number of carbonyl (C=O) groups is 1. The summed E-state index contributed by atoms with van der Waals surface area (Å²) in [4.78, 5) is 11.5. The lowest BCUT2D eigenvalue weighted by atomic mass is 10.1. The van der Waals surface area contributed by atoms with Crippen molar-refractivity contribution in [3.8, 4) is 5.75 Å². The maximum absolute atomic E-state index is 11.5. The molecule has 1 aliphatic heterocycles. The molecule has 1 heterocycles. The van der Waals surface area contributed by atoms with E-state index in [0.717, 1.165) is 24.9 Å². The Kier molecular flexibility index (Phi) is 4.02. The summed E-state index contributed by atoms with van der Waals surface area (Å²) in [6, 6.07) is 5.34. The van der Waals surface area contributed by atoms with Gasteiger partial charge in [0.25, 0.3) is 0 Å². The van der Waals surface area contributed by atoms with Crippen molar-refractivity contribution in [2.75, 3.05) is 6.54 Å². The maximum Gasteiger partial charge on any atom is 0.237 e. The largest absolute Gasteiger partial charge is 0.506 e. The third kappa shape index (κ3) is 2.98. The standard InChI is InChI=1S/C12H15BrN2O2/c13-9-4-1-3-8(11(9)16)7-15-10-5-2-6-14-12(10)17/h1,3-4,10,15-16H,2,5-7H2,(H,14,17). The zero-order valence-corrected chi connectivity index (χ0v) is 11.0. The smallest absolute Gasteiger partial charge is 0.237 e. The molecule has 1 aromatic rings. The maximum atomic E-state index is 11.5. The minimum atomic E-state index is -0.151. The number of hydrogen-bond donors (Lipinski definition) is 3. The number of benzene rings is 1. The Morgan fingerprint density at radius 1 is 1.53 bits per heavy atom. The van der Waals surface area contributed by atoms with Crippen molar-refractivity contribution in [3.63, 3.8) is 0 Å². The number of para-hydroxylation sites is 1. The average Bonchev–Trinajstić information content (AvgIpc) is 2.33. The molecular formula is C12H15BrN2O2. The van der Waals surface area contributed by atoms with Gasteiger partial charge in [0.1, 0.15) is 5.75 Å². The number of hydrogen-bond acceptors (Lipinski definition) is 3. The van der Waals surface area contributed by atoms with E-state index in [9.17, 15) is 9.90 Å². The van der Waals surface area contributed by atoms with E-state index in [1.54, 1.807) is 6.07 Å². The van der Waals surface area contributed by atoms with Gasteiger partial charge in [-0.3, -0.25) is 4.79 Å². The van der Waals surface area contributed by atoms with Crippen molar-refractivity contribution in [1.82, 2.24) is 10.6 Å². The Morgan fingerprint density at radius 2 is 2.35 bits per heavy atom. The molecule has 2 rings (SSSR count). The van der Waals surface area contributed by atoms with Crippen LogP contribution in [0.4, 0.5) is 0 Å². The molecule has 1 atom stereocenters. The molecule has 1 aromatic carbocycles. The third-order valence-electron chi connectivity index (χ3n) is 2.89. The van der Waals surface area contributed by atoms with E-state index in [0.29, 0.717) is 11.0 Å². The van der Waals surface area contributed by atoms with Crippen molar-refractivity contribution in [3.05, 3.63) is 28.2 Å². The number of carbonyl (C=O) groups excluding carboxylic acids is 1. The Bertz CT molecular complexity index is 423. The van der Waals surface area contributed by atoms with Gasteiger partial charge in [0.15, 0.2) is 0 Å². The fourth-order valence-electron chi connectivity index (χ4n) is 1.90. The zero-order valence-electron chi connectivity index (χ0n) is 9.37. The molecule has 0 radical (unpaired) electrons. The van der Waals surface area contributed by atoms with Gasteiger partial charge in [-0.15, -0.1) is 0 Å². The number of piperidine rings is 1. The van der Waals surface area contributed by atoms with Gasteiger partial charge < -0.3 is 15.7 Å². The SMILES string of the molecule is O=C1NCCCC1NCc1cccc(Br)c1O. The summed E-state index contributed by atoms with van der Waals surface area (Å²) in [6.45, 7) is 1.25. The van der Waals surface area contributed by atoms with Crippen LogP contribution in [0.5, 0.6) is 5.75 Å². The predicted molar refractivity (Wildman–Crippen MR) is 68.7 cm³/mol. The number of nitrogens with one attached hydrogen (secondary N) is 2. The van der Waals surface area contributed by atoms with Crippen LogP contribution in [-0.2, 0) is 11.3 Å². The zero-order chi connectivity index (χ0) is 12.3. The fourth-order valence-corrected chi connectivity index (χ4v) is 2.31. The Morgan fingerprint density at radius 3 is 3.12 bits per heavy atom. The molecule has 3 N–H and O–H groups in total. The lowest BCUT2D eigenvalue weighted by Crippen LogP contribution is -2.47. The Labute approximate surface area is 109 Å². The monoisotopic (exact) mass is 298 g/mol. The quantitative estimate of drug-likeness (QED) is 0.793. The van der Waals surface area contributed by atoms with E-state index >= 15 is 0 Å². The van der Waals surface area contributed by atoms with Gasteiger partial charge in [-0.2, -0.15) is 0 Å². The van der Waals surface area contributed by atoms with Crippen LogP contribution in [0.2, 0.25) is 0 Å². The third-order valence-corrected chi connectivity index (χ3v) is 3.53. The summed E-state index contributed by atoms with van der Waals surface area (Å²) in [7, 11) is 0. The second kappa shape index (κ2) is 5.51. The van der Waals surface area contributed by atoms with Crippen molar-refractivity contribution in [1.29, 1.82) is 0 Å². The molecule has 0 bridgehead atoms. The van der Waals surface area contributed by atoms with Crippen molar-refractivity contribution < 1.29 is 9.90 Å². The first-order chi connectivity index (χ1) is 8.18. The van der Waals surface area contributed by atoms with Gasteiger partial charge in [0, 0.05) is 18.7 Å². The van der Waals surface area contributed by atoms with Gasteiger partial charge >= 0.3 is 0 Å². The van der Waals surface area contributed by atoms with Gasteiger partial charge in [-0.05, 0) is 34.8 Å². The van der Waals surface area contributed by atoms with Crippen molar-refractivity contribution in [2.24, 2.45) is 0 Å². The predicted octanol–water partition coefficient (Wildman–Crippen LogP) is 1.52. The molecule has 0 aromatic heterocycles. The van der Waals surface area contributed by atoms with Crippen molar-refractivity contribution >= 4 is 21.8 Å². The molecule has 4 nitrogen and oxygen atoms in total. The minimum absolute atomic E-state index is 0.0470. The summed E-state index contributed by atoms with van der Waals surface area (Å²) in [5.74, 6) is 0.280. The molecule has 92 valence electrons. The van der Waals surface area contributed by atoms with E-state index in [2.05, 4.69) is 26.6 Å². The lowest BCUT2D eigenvalue weighted by Gasteiger charge is -2.23. The molecule has 1 unspecified atom stereocenters. The van der Waals surface area contributed by atoms with E-state index in [-0.39, 0.29) is 17.7 Å². The van der Waals surface area contributed by atoms with Crippen LogP contribution in [-0.4, -0.2) is 23.6 Å². The summed E-state index contributed by atoms with van der Waals surface area (Å²) in [6.07, 6.45) is 1.84. The number of phenols is 1. The highest BCUT2D eigenvalue weighted by Crippen LogP contribution is 2.27. The molecule has 0 saturated carbocycles. The first-order valence-corrected chi connectivity index (χ1v) is 6.45. The first-order valence-electron chi connectivity index (χ1n) is 5.66. The summed E-state index contributed by atoms with van der Waals surface area (Å²) in [5, 5.41) is 15.8. The molecule has 1 fully saturated rings. The second-order valence-corrected chi connectivity index (χ2v) is 4.97. The molecule has 1 saturated heterocycles. The number of rotatable bonds is 3. The Balaban J connectivity index is 1.97. The van der Waals surface area contributed by atoms with Crippen LogP contribution in [0.15, 0.2) is 22.7 Å². The number of amides is 1. The van der Waals surface area contributed by atoms with E-state index in [1.807, 2.05) is 12.1 Å². The molecular weight excluding hydrogens is 284 g/mol. The van der Waals surface area contributed by atoms with E-state index < -0.39 is 0 Å². The molecule has 5 heteroatoms. The van der Waals surface area contributed by atoms with Gasteiger partial charge in [-0.1, -0.05) is 12.1 Å². The highest BCUT2D eigenvalue weighted by atomic mass is 79.9. The van der Waals surface area contributed by atoms with Crippen molar-refractivity contribution in [2.45, 2.75) is 25.4 Å². The van der Waals surface area contributed by atoms with Crippen LogP contribution < -0.4 is 10.6 Å². The number of phenolic OH excluding ortho intramolecular Hbond substituents is 1. The Hall–Kier alpha value is -1.07. The molecule has 0 aliphatic carbocycles. The normalized spacial score (nSPS) is 20.1. The molecule has 0 spiro atoms. The number of aromatic hydroxyl groups is 1. The molecule has 1 amide bonds. The second-order valence-electron chi connectivity index (χ2n) is 4.11. The first kappa shape index (κ1) is 12.4. The number of halogens is 1. The average molecular weight is 299 g/mol. The van der Waals surface area contributed by atoms with Crippen LogP contribution in [0.25, 0.3) is 0 Å². The van der Waals surface area contributed by atoms with Crippen LogP contribution in [0, 0.1) is 0 Å². The summed E-state index contributed by atoms with van der Waals surface area (Å²) >= 11 is 3.27. The van der Waals surface area contributed by atoms with E-state index in [1.165, 1.54) is 0 Å². The minimum Gasteiger partial charge on any atom is -0.506 e. The van der Waals surface area contributed by atoms with E-state index in [4.69, 9.17) is 0 Å². The molecule has 17 heavy (non-hydrogen) atoms. The van der Waals surface area contributed by atoms with Crippen LogP contribution >= 0.6 is 15.9 Å². The van der Waals surface area contributed by atoms with Gasteiger partial charge in [-0.25, -0.2) is 0 Å². The summed E-state index contributed by atoms with van der Waals surface area (Å²) < 4.78 is 0.671. The summed E-state index contributed by atoms with van der Waals surface area (Å²) in [5.41, 5.74) is 0.790. The van der Waals surface area contributed by atoms with Crippen LogP contribution in [0.3, 0.4) is 0 Å². The topological polar surface area (TPSA) is 61.4 Å². The molecule has 1 aliphatic rings. The van der Waals surface area contributed by atoms with Crippen LogP contribution in [0.1, 0.15) is 18.4 Å². The fraction of sp³-hybridized carbons (Fsp3) is 0.417. The highest BCUT2D eigenvalue weighted by Gasteiger charge is 2.21. The van der Waals surface area contributed by atoms with Gasteiger partial charge in [0.2, 0.25) is 5.91 Å². The van der Waals surface area contributed by atoms with Gasteiger partial charge in [0.05, 0.1) is 10.5 Å². The lowest BCUT2D eigenvalue weighted by molar-refractivity contribution is -0.124. The highest BCUT2D eigenvalue weighted by molar-refractivity contribution is 9.10.